The Hall–Kier alpha value is -1.79. The molecule has 0 saturated carbocycles. The molecule has 0 atom stereocenters. The van der Waals surface area contributed by atoms with Crippen molar-refractivity contribution in [3.8, 4) is 0 Å². The Balaban J connectivity index is 4.13. The summed E-state index contributed by atoms with van der Waals surface area (Å²) in [7, 11) is 0. The molecule has 0 aromatic rings. The quantitative estimate of drug-likeness (QED) is 0.350. The molecule has 7 heteroatoms. The standard InChI is InChI=1S/C21H39NO6/c1-21(2,3)28-20(27)22(16-12-8-4-6-10-14-18(23)24)17-13-9-5-7-11-15-19(25)26/h4-17H2,1-3H3,(H,23,24)(H,25,26). The molecule has 0 radical (unpaired) electrons. The second-order valence-electron chi connectivity index (χ2n) is 8.29. The number of rotatable bonds is 16. The Labute approximate surface area is 169 Å². The van der Waals surface area contributed by atoms with E-state index in [-0.39, 0.29) is 18.9 Å². The van der Waals surface area contributed by atoms with Gasteiger partial charge in [-0.05, 0) is 46.5 Å². The summed E-state index contributed by atoms with van der Waals surface area (Å²) in [4.78, 5) is 35.2. The fourth-order valence-corrected chi connectivity index (χ4v) is 2.84. The van der Waals surface area contributed by atoms with Crippen LogP contribution in [0.5, 0.6) is 0 Å². The monoisotopic (exact) mass is 401 g/mol. The maximum Gasteiger partial charge on any atom is 0.410 e. The molecule has 0 aliphatic heterocycles. The molecule has 0 rings (SSSR count). The SMILES string of the molecule is CC(C)(C)OC(=O)N(CCCCCCCC(=O)O)CCCCCCCC(=O)O. The minimum Gasteiger partial charge on any atom is -0.481 e. The number of hydrogen-bond acceptors (Lipinski definition) is 4. The molecule has 0 heterocycles. The second-order valence-corrected chi connectivity index (χ2v) is 8.29. The van der Waals surface area contributed by atoms with E-state index >= 15 is 0 Å². The van der Waals surface area contributed by atoms with Crippen LogP contribution in [-0.4, -0.2) is 51.8 Å². The summed E-state index contributed by atoms with van der Waals surface area (Å²) in [6, 6.07) is 0. The number of amides is 1. The van der Waals surface area contributed by atoms with Crippen molar-refractivity contribution in [2.24, 2.45) is 0 Å². The van der Waals surface area contributed by atoms with Crippen LogP contribution in [-0.2, 0) is 14.3 Å². The minimum atomic E-state index is -0.751. The normalized spacial score (nSPS) is 11.2. The average Bonchev–Trinajstić information content (AvgIpc) is 2.55. The van der Waals surface area contributed by atoms with Crippen LogP contribution in [0.15, 0.2) is 0 Å². The van der Waals surface area contributed by atoms with E-state index in [0.29, 0.717) is 25.9 Å². The summed E-state index contributed by atoms with van der Waals surface area (Å²) >= 11 is 0. The van der Waals surface area contributed by atoms with E-state index < -0.39 is 17.5 Å². The zero-order valence-electron chi connectivity index (χ0n) is 17.9. The summed E-state index contributed by atoms with van der Waals surface area (Å²) in [6.45, 7) is 6.86. The van der Waals surface area contributed by atoms with Crippen LogP contribution in [0.1, 0.15) is 97.8 Å². The lowest BCUT2D eigenvalue weighted by atomic mass is 10.1. The smallest absolute Gasteiger partial charge is 0.410 e. The molecule has 0 aromatic heterocycles. The third-order valence-electron chi connectivity index (χ3n) is 4.29. The van der Waals surface area contributed by atoms with Crippen molar-refractivity contribution < 1.29 is 29.3 Å². The predicted octanol–water partition coefficient (Wildman–Crippen LogP) is 5.07. The molecule has 0 aliphatic carbocycles. The first-order valence-electron chi connectivity index (χ1n) is 10.5. The molecule has 0 unspecified atom stereocenters. The fraction of sp³-hybridized carbons (Fsp3) is 0.857. The molecule has 28 heavy (non-hydrogen) atoms. The summed E-state index contributed by atoms with van der Waals surface area (Å²) in [5.74, 6) is -1.50. The van der Waals surface area contributed by atoms with Gasteiger partial charge in [0, 0.05) is 25.9 Å². The van der Waals surface area contributed by atoms with E-state index in [2.05, 4.69) is 0 Å². The molecular weight excluding hydrogens is 362 g/mol. The number of carboxylic acids is 2. The highest BCUT2D eigenvalue weighted by Gasteiger charge is 2.21. The van der Waals surface area contributed by atoms with Crippen molar-refractivity contribution in [2.45, 2.75) is 103 Å². The lowest BCUT2D eigenvalue weighted by Gasteiger charge is -2.27. The topological polar surface area (TPSA) is 104 Å². The number of hydrogen-bond donors (Lipinski definition) is 2. The minimum absolute atomic E-state index is 0.219. The van der Waals surface area contributed by atoms with Crippen LogP contribution >= 0.6 is 0 Å². The van der Waals surface area contributed by atoms with Crippen molar-refractivity contribution in [3.63, 3.8) is 0 Å². The highest BCUT2D eigenvalue weighted by atomic mass is 16.6. The third kappa shape index (κ3) is 17.6. The predicted molar refractivity (Wildman–Crippen MR) is 108 cm³/mol. The molecule has 0 spiro atoms. The Morgan fingerprint density at radius 3 is 1.39 bits per heavy atom. The van der Waals surface area contributed by atoms with Crippen molar-refractivity contribution >= 4 is 18.0 Å². The lowest BCUT2D eigenvalue weighted by molar-refractivity contribution is -0.138. The molecule has 0 aliphatic rings. The van der Waals surface area contributed by atoms with Crippen LogP contribution in [0.3, 0.4) is 0 Å². The van der Waals surface area contributed by atoms with Gasteiger partial charge in [0.2, 0.25) is 0 Å². The van der Waals surface area contributed by atoms with Crippen LogP contribution in [0.4, 0.5) is 4.79 Å². The molecule has 0 bridgehead atoms. The van der Waals surface area contributed by atoms with Gasteiger partial charge in [-0.2, -0.15) is 0 Å². The van der Waals surface area contributed by atoms with Crippen molar-refractivity contribution in [1.82, 2.24) is 4.90 Å². The van der Waals surface area contributed by atoms with Gasteiger partial charge >= 0.3 is 18.0 Å². The highest BCUT2D eigenvalue weighted by molar-refractivity contribution is 5.68. The summed E-state index contributed by atoms with van der Waals surface area (Å²) in [5, 5.41) is 17.3. The molecule has 7 nitrogen and oxygen atoms in total. The van der Waals surface area contributed by atoms with Crippen molar-refractivity contribution in [2.75, 3.05) is 13.1 Å². The van der Waals surface area contributed by atoms with Crippen LogP contribution in [0.25, 0.3) is 0 Å². The molecule has 164 valence electrons. The Kier molecular flexibility index (Phi) is 14.2. The number of ether oxygens (including phenoxy) is 1. The molecule has 2 N–H and O–H groups in total. The first-order chi connectivity index (χ1) is 13.1. The van der Waals surface area contributed by atoms with Gasteiger partial charge in [-0.1, -0.05) is 38.5 Å². The molecular formula is C21H39NO6. The van der Waals surface area contributed by atoms with Crippen molar-refractivity contribution in [1.29, 1.82) is 0 Å². The average molecular weight is 402 g/mol. The van der Waals surface area contributed by atoms with Gasteiger partial charge in [0.25, 0.3) is 0 Å². The van der Waals surface area contributed by atoms with Gasteiger partial charge in [-0.25, -0.2) is 4.79 Å². The van der Waals surface area contributed by atoms with E-state index in [1.54, 1.807) is 4.90 Å². The van der Waals surface area contributed by atoms with Crippen LogP contribution in [0.2, 0.25) is 0 Å². The Morgan fingerprint density at radius 2 is 1.04 bits per heavy atom. The van der Waals surface area contributed by atoms with E-state index in [4.69, 9.17) is 14.9 Å². The lowest BCUT2D eigenvalue weighted by Crippen LogP contribution is -2.38. The van der Waals surface area contributed by atoms with Gasteiger partial charge in [-0.15, -0.1) is 0 Å². The van der Waals surface area contributed by atoms with E-state index in [0.717, 1.165) is 51.4 Å². The van der Waals surface area contributed by atoms with E-state index in [1.807, 2.05) is 20.8 Å². The largest absolute Gasteiger partial charge is 0.481 e. The van der Waals surface area contributed by atoms with Gasteiger partial charge < -0.3 is 19.8 Å². The van der Waals surface area contributed by atoms with Crippen LogP contribution < -0.4 is 0 Å². The zero-order chi connectivity index (χ0) is 21.4. The maximum absolute atomic E-state index is 12.4. The summed E-state index contributed by atoms with van der Waals surface area (Å²) in [6.07, 6.45) is 8.98. The third-order valence-corrected chi connectivity index (χ3v) is 4.29. The number of carbonyl (C=O) groups is 3. The van der Waals surface area contributed by atoms with Gasteiger partial charge in [0.15, 0.2) is 0 Å². The number of carbonyl (C=O) groups excluding carboxylic acids is 1. The van der Waals surface area contributed by atoms with E-state index in [1.165, 1.54) is 0 Å². The fourth-order valence-electron chi connectivity index (χ4n) is 2.84. The number of unbranched alkanes of at least 4 members (excludes halogenated alkanes) is 8. The van der Waals surface area contributed by atoms with Crippen LogP contribution in [0, 0.1) is 0 Å². The highest BCUT2D eigenvalue weighted by Crippen LogP contribution is 2.14. The Bertz CT molecular complexity index is 430. The van der Waals surface area contributed by atoms with Gasteiger partial charge in [0.1, 0.15) is 5.60 Å². The Morgan fingerprint density at radius 1 is 0.679 bits per heavy atom. The van der Waals surface area contributed by atoms with Crippen molar-refractivity contribution in [3.05, 3.63) is 0 Å². The second kappa shape index (κ2) is 15.2. The van der Waals surface area contributed by atoms with Gasteiger partial charge in [0.05, 0.1) is 0 Å². The molecule has 0 aromatic carbocycles. The molecule has 0 fully saturated rings. The number of nitrogens with zero attached hydrogens (tertiary/aromatic N) is 1. The maximum atomic E-state index is 12.4. The van der Waals surface area contributed by atoms with E-state index in [9.17, 15) is 14.4 Å². The van der Waals surface area contributed by atoms with Gasteiger partial charge in [-0.3, -0.25) is 9.59 Å². The summed E-state index contributed by atoms with van der Waals surface area (Å²) < 4.78 is 5.50. The zero-order valence-corrected chi connectivity index (χ0v) is 17.9. The number of aliphatic carboxylic acids is 2. The first kappa shape index (κ1) is 26.2. The first-order valence-corrected chi connectivity index (χ1v) is 10.5. The molecule has 1 amide bonds. The molecule has 0 saturated heterocycles. The summed E-state index contributed by atoms with van der Waals surface area (Å²) in [5.41, 5.74) is -0.525. The number of carboxylic acid groups (broad SMARTS) is 2.